The fourth-order valence-corrected chi connectivity index (χ4v) is 8.32. The summed E-state index contributed by atoms with van der Waals surface area (Å²) in [5, 5.41) is 11.9. The van der Waals surface area contributed by atoms with Gasteiger partial charge in [-0.15, -0.1) is 0 Å². The number of unbranched alkanes of at least 4 members (excludes halogenated alkanes) is 6. The van der Waals surface area contributed by atoms with Crippen LogP contribution in [-0.4, -0.2) is 45.3 Å². The standard InChI is InChI=1S/C43H45N3O4/c1-6-8-10-12-14-27(15-13-11-9-7-2)45-40(47)32-20-16-28-30-18-22-34-39-35(43(50)46(42(34)49)44-26(5)24-25(3)4)23-19-31(37(30)39)29-17-21-33(41(45)48)38(32)36(28)29/h16-24,27H,6-15H2,1-5H3/b44-26+. The molecule has 5 aromatic rings. The SMILES string of the molecule is CCCCCCC(CCCCCC)N1C(=O)c2ccc3c4ccc5c6c(ccc(c7ccc(c2c37)C1=O)c64)C(=O)N(/N=C(\C)C=C(C)C)C5=O. The van der Waals surface area contributed by atoms with Crippen LogP contribution in [0.5, 0.6) is 0 Å². The summed E-state index contributed by atoms with van der Waals surface area (Å²) in [4.78, 5) is 57.9. The number of hydrazone groups is 1. The lowest BCUT2D eigenvalue weighted by molar-refractivity contribution is 0.0515. The van der Waals surface area contributed by atoms with Gasteiger partial charge in [0.2, 0.25) is 0 Å². The summed E-state index contributed by atoms with van der Waals surface area (Å²) in [5.74, 6) is -1.34. The molecule has 0 saturated heterocycles. The van der Waals surface area contributed by atoms with Gasteiger partial charge in [-0.2, -0.15) is 10.1 Å². The summed E-state index contributed by atoms with van der Waals surface area (Å²) >= 11 is 0. The Bertz CT molecular complexity index is 2140. The van der Waals surface area contributed by atoms with E-state index in [9.17, 15) is 19.2 Å². The molecule has 0 saturated carbocycles. The van der Waals surface area contributed by atoms with Crippen molar-refractivity contribution in [1.82, 2.24) is 9.91 Å². The van der Waals surface area contributed by atoms with E-state index in [2.05, 4.69) is 18.9 Å². The first kappa shape index (κ1) is 33.6. The molecule has 50 heavy (non-hydrogen) atoms. The highest BCUT2D eigenvalue weighted by atomic mass is 16.2. The van der Waals surface area contributed by atoms with Crippen molar-refractivity contribution in [3.05, 3.63) is 82.4 Å². The molecule has 0 spiro atoms. The molecule has 0 aliphatic carbocycles. The minimum Gasteiger partial charge on any atom is -0.271 e. The van der Waals surface area contributed by atoms with Crippen LogP contribution in [0.1, 0.15) is 140 Å². The molecule has 7 heteroatoms. The van der Waals surface area contributed by atoms with Gasteiger partial charge in [-0.05, 0) is 96.3 Å². The number of imide groups is 2. The normalized spacial score (nSPS) is 14.9. The average molecular weight is 668 g/mol. The zero-order valence-electron chi connectivity index (χ0n) is 29.8. The molecule has 256 valence electrons. The monoisotopic (exact) mass is 667 g/mol. The van der Waals surface area contributed by atoms with Crippen LogP contribution in [0.3, 0.4) is 0 Å². The maximum Gasteiger partial charge on any atom is 0.282 e. The first-order valence-corrected chi connectivity index (χ1v) is 18.3. The van der Waals surface area contributed by atoms with E-state index in [0.717, 1.165) is 107 Å². The van der Waals surface area contributed by atoms with Crippen LogP contribution in [0.25, 0.3) is 43.1 Å². The Hall–Kier alpha value is -4.91. The van der Waals surface area contributed by atoms with Crippen LogP contribution in [0, 0.1) is 0 Å². The Morgan fingerprint density at radius 2 is 0.960 bits per heavy atom. The third kappa shape index (κ3) is 5.38. The van der Waals surface area contributed by atoms with Crippen LogP contribution in [0.2, 0.25) is 0 Å². The second-order valence-electron chi connectivity index (χ2n) is 14.4. The van der Waals surface area contributed by atoms with Gasteiger partial charge in [0.25, 0.3) is 23.6 Å². The number of nitrogens with zero attached hydrogens (tertiary/aromatic N) is 3. The average Bonchev–Trinajstić information content (AvgIpc) is 3.10. The molecule has 7 nitrogen and oxygen atoms in total. The number of fused-ring (bicyclic) bond motifs is 2. The van der Waals surface area contributed by atoms with Crippen molar-refractivity contribution < 1.29 is 19.2 Å². The van der Waals surface area contributed by atoms with Crippen LogP contribution in [0.15, 0.2) is 65.3 Å². The lowest BCUT2D eigenvalue weighted by Gasteiger charge is -2.35. The maximum atomic E-state index is 14.4. The molecule has 0 fully saturated rings. The maximum absolute atomic E-state index is 14.4. The predicted molar refractivity (Wildman–Crippen MR) is 202 cm³/mol. The summed E-state index contributed by atoms with van der Waals surface area (Å²) in [5.41, 5.74) is 3.55. The third-order valence-electron chi connectivity index (χ3n) is 10.5. The first-order chi connectivity index (χ1) is 24.2. The molecular formula is C43H45N3O4. The predicted octanol–water partition coefficient (Wildman–Crippen LogP) is 10.6. The van der Waals surface area contributed by atoms with Crippen LogP contribution in [-0.2, 0) is 0 Å². The molecule has 7 rings (SSSR count). The molecule has 0 radical (unpaired) electrons. The Morgan fingerprint density at radius 3 is 1.34 bits per heavy atom. The van der Waals surface area contributed by atoms with Gasteiger partial charge < -0.3 is 0 Å². The number of allylic oxidation sites excluding steroid dienone is 2. The van der Waals surface area contributed by atoms with Gasteiger partial charge in [0.1, 0.15) is 0 Å². The number of benzene rings is 5. The summed E-state index contributed by atoms with van der Waals surface area (Å²) in [7, 11) is 0. The third-order valence-corrected chi connectivity index (χ3v) is 10.5. The van der Waals surface area contributed by atoms with Crippen LogP contribution < -0.4 is 0 Å². The summed E-state index contributed by atoms with van der Waals surface area (Å²) < 4.78 is 0. The number of rotatable bonds is 13. The van der Waals surface area contributed by atoms with E-state index >= 15 is 0 Å². The molecule has 4 amide bonds. The molecular weight excluding hydrogens is 622 g/mol. The molecule has 5 aromatic carbocycles. The van der Waals surface area contributed by atoms with Gasteiger partial charge in [-0.25, -0.2) is 0 Å². The van der Waals surface area contributed by atoms with E-state index in [4.69, 9.17) is 0 Å². The Balaban J connectivity index is 1.36. The van der Waals surface area contributed by atoms with Gasteiger partial charge in [0.05, 0.1) is 16.8 Å². The Labute approximate surface area is 293 Å². The Morgan fingerprint density at radius 1 is 0.560 bits per heavy atom. The summed E-state index contributed by atoms with van der Waals surface area (Å²) in [6.45, 7) is 10.0. The number of amides is 4. The molecule has 0 unspecified atom stereocenters. The minimum absolute atomic E-state index is 0.124. The fraction of sp³-hybridized carbons (Fsp3) is 0.372. The zero-order valence-corrected chi connectivity index (χ0v) is 29.8. The summed E-state index contributed by atoms with van der Waals surface area (Å²) in [6.07, 6.45) is 12.3. The van der Waals surface area contributed by atoms with Crippen LogP contribution >= 0.6 is 0 Å². The lowest BCUT2D eigenvalue weighted by Crippen LogP contribution is -2.47. The summed E-state index contributed by atoms with van der Waals surface area (Å²) in [6, 6.07) is 15.0. The quantitative estimate of drug-likeness (QED) is 0.0411. The number of carbonyl (C=O) groups excluding carboxylic acids is 4. The van der Waals surface area contributed by atoms with E-state index in [1.54, 1.807) is 24.0 Å². The second kappa shape index (κ2) is 13.4. The van der Waals surface area contributed by atoms with Crippen molar-refractivity contribution in [1.29, 1.82) is 0 Å². The van der Waals surface area contributed by atoms with Gasteiger partial charge in [-0.1, -0.05) is 95.1 Å². The lowest BCUT2D eigenvalue weighted by atomic mass is 9.82. The topological polar surface area (TPSA) is 87.1 Å². The number of hydrogen-bond acceptors (Lipinski definition) is 5. The van der Waals surface area contributed by atoms with Gasteiger partial charge >= 0.3 is 0 Å². The largest absolute Gasteiger partial charge is 0.282 e. The van der Waals surface area contributed by atoms with E-state index in [1.165, 1.54) is 0 Å². The fourth-order valence-electron chi connectivity index (χ4n) is 8.32. The van der Waals surface area contributed by atoms with Crippen molar-refractivity contribution in [2.45, 2.75) is 105 Å². The second-order valence-corrected chi connectivity index (χ2v) is 14.4. The van der Waals surface area contributed by atoms with Gasteiger partial charge in [-0.3, -0.25) is 24.1 Å². The van der Waals surface area contributed by atoms with E-state index in [1.807, 2.05) is 56.3 Å². The van der Waals surface area contributed by atoms with E-state index in [-0.39, 0.29) is 17.9 Å². The van der Waals surface area contributed by atoms with Crippen molar-refractivity contribution in [2.24, 2.45) is 5.10 Å². The molecule has 0 atom stereocenters. The molecule has 0 N–H and O–H groups in total. The van der Waals surface area contributed by atoms with Gasteiger partial charge in [0.15, 0.2) is 0 Å². The molecule has 2 aliphatic rings. The molecule has 2 heterocycles. The zero-order chi connectivity index (χ0) is 35.3. The number of carbonyl (C=O) groups is 4. The van der Waals surface area contributed by atoms with Crippen LogP contribution in [0.4, 0.5) is 0 Å². The minimum atomic E-state index is -0.459. The van der Waals surface area contributed by atoms with E-state index < -0.39 is 11.8 Å². The molecule has 0 aromatic heterocycles. The first-order valence-electron chi connectivity index (χ1n) is 18.3. The van der Waals surface area contributed by atoms with Crippen molar-refractivity contribution in [2.75, 3.05) is 0 Å². The highest BCUT2D eigenvalue weighted by molar-refractivity contribution is 6.41. The van der Waals surface area contributed by atoms with E-state index in [0.29, 0.717) is 38.7 Å². The molecule has 0 bridgehead atoms. The smallest absolute Gasteiger partial charge is 0.271 e. The number of hydrogen-bond donors (Lipinski definition) is 0. The highest BCUT2D eigenvalue weighted by Crippen LogP contribution is 2.46. The highest BCUT2D eigenvalue weighted by Gasteiger charge is 2.39. The van der Waals surface area contributed by atoms with Gasteiger partial charge in [0, 0.05) is 27.9 Å². The molecule has 2 aliphatic heterocycles. The van der Waals surface area contributed by atoms with Crippen molar-refractivity contribution >= 4 is 72.4 Å². The Kier molecular flexibility index (Phi) is 9.02. The van der Waals surface area contributed by atoms with Crippen molar-refractivity contribution in [3.63, 3.8) is 0 Å². The van der Waals surface area contributed by atoms with Crippen molar-refractivity contribution in [3.8, 4) is 0 Å².